The van der Waals surface area contributed by atoms with E-state index in [0.29, 0.717) is 6.54 Å². The molecule has 1 aliphatic rings. The Labute approximate surface area is 143 Å². The first-order valence-corrected chi connectivity index (χ1v) is 8.63. The summed E-state index contributed by atoms with van der Waals surface area (Å²) >= 11 is 0. The maximum absolute atomic E-state index is 12.6. The van der Waals surface area contributed by atoms with Crippen LogP contribution in [0.4, 0.5) is 11.4 Å². The Morgan fingerprint density at radius 1 is 1.17 bits per heavy atom. The number of para-hydroxylation sites is 1. The molecule has 0 saturated heterocycles. The number of anilines is 2. The van der Waals surface area contributed by atoms with E-state index in [1.165, 1.54) is 5.56 Å². The van der Waals surface area contributed by atoms with Crippen molar-refractivity contribution in [1.29, 1.82) is 0 Å². The highest BCUT2D eigenvalue weighted by molar-refractivity contribution is 5.97. The number of carbonyl (C=O) groups is 1. The number of nitrogens with zero attached hydrogens (tertiary/aromatic N) is 1. The number of carbonyl (C=O) groups excluding carboxylic acids is 1. The summed E-state index contributed by atoms with van der Waals surface area (Å²) in [7, 11) is 0. The number of aryl methyl sites for hydroxylation is 1. The van der Waals surface area contributed by atoms with Crippen molar-refractivity contribution in [3.8, 4) is 5.75 Å². The molecule has 4 nitrogen and oxygen atoms in total. The van der Waals surface area contributed by atoms with E-state index in [9.17, 15) is 4.79 Å². The van der Waals surface area contributed by atoms with Crippen LogP contribution in [0.15, 0.2) is 48.5 Å². The van der Waals surface area contributed by atoms with Gasteiger partial charge >= 0.3 is 0 Å². The van der Waals surface area contributed by atoms with Crippen LogP contribution >= 0.6 is 0 Å². The number of nitrogens with one attached hydrogen (secondary N) is 1. The zero-order valence-corrected chi connectivity index (χ0v) is 14.1. The van der Waals surface area contributed by atoms with Crippen LogP contribution in [0.3, 0.4) is 0 Å². The van der Waals surface area contributed by atoms with Crippen molar-refractivity contribution >= 4 is 17.3 Å². The van der Waals surface area contributed by atoms with Gasteiger partial charge in [0.05, 0.1) is 13.2 Å². The van der Waals surface area contributed by atoms with Crippen LogP contribution in [0, 0.1) is 0 Å². The fourth-order valence-corrected chi connectivity index (χ4v) is 2.95. The van der Waals surface area contributed by atoms with E-state index in [1.807, 2.05) is 47.4 Å². The van der Waals surface area contributed by atoms with Crippen molar-refractivity contribution in [3.05, 3.63) is 54.1 Å². The van der Waals surface area contributed by atoms with Gasteiger partial charge in [-0.1, -0.05) is 25.1 Å². The summed E-state index contributed by atoms with van der Waals surface area (Å²) in [5.41, 5.74) is 3.24. The lowest BCUT2D eigenvalue weighted by Gasteiger charge is -2.29. The summed E-state index contributed by atoms with van der Waals surface area (Å²) in [6.45, 7) is 3.89. The normalized spacial score (nSPS) is 13.3. The topological polar surface area (TPSA) is 41.6 Å². The highest BCUT2D eigenvalue weighted by Crippen LogP contribution is 2.26. The molecule has 1 N–H and O–H groups in total. The van der Waals surface area contributed by atoms with E-state index in [1.54, 1.807) is 0 Å². The second kappa shape index (κ2) is 7.86. The molecule has 2 aromatic rings. The van der Waals surface area contributed by atoms with E-state index in [-0.39, 0.29) is 5.91 Å². The summed E-state index contributed by atoms with van der Waals surface area (Å²) in [5.74, 6) is 0.965. The summed E-state index contributed by atoms with van der Waals surface area (Å²) in [6.07, 6.45) is 3.06. The molecular weight excluding hydrogens is 300 g/mol. The number of benzene rings is 2. The molecule has 0 atom stereocenters. The van der Waals surface area contributed by atoms with Gasteiger partial charge in [0.15, 0.2) is 0 Å². The molecule has 0 spiro atoms. The van der Waals surface area contributed by atoms with Gasteiger partial charge in [0.25, 0.3) is 0 Å². The number of amides is 1. The van der Waals surface area contributed by atoms with Crippen LogP contribution in [0.1, 0.15) is 25.3 Å². The quantitative estimate of drug-likeness (QED) is 0.877. The summed E-state index contributed by atoms with van der Waals surface area (Å²) in [6, 6.07) is 15.9. The first-order valence-electron chi connectivity index (χ1n) is 8.63. The number of hydrogen-bond acceptors (Lipinski definition) is 3. The molecule has 0 fully saturated rings. The molecule has 1 heterocycles. The minimum absolute atomic E-state index is 0.105. The molecule has 1 amide bonds. The van der Waals surface area contributed by atoms with Crippen molar-refractivity contribution in [2.24, 2.45) is 0 Å². The van der Waals surface area contributed by atoms with Gasteiger partial charge in [0.2, 0.25) is 5.91 Å². The molecule has 2 aromatic carbocycles. The lowest BCUT2D eigenvalue weighted by atomic mass is 10.0. The summed E-state index contributed by atoms with van der Waals surface area (Å²) in [4.78, 5) is 14.5. The first kappa shape index (κ1) is 16.4. The second-order valence-corrected chi connectivity index (χ2v) is 6.00. The molecule has 0 unspecified atom stereocenters. The monoisotopic (exact) mass is 324 g/mol. The zero-order chi connectivity index (χ0) is 16.8. The largest absolute Gasteiger partial charge is 0.494 e. The Bertz CT molecular complexity index is 682. The average molecular weight is 324 g/mol. The molecule has 126 valence electrons. The molecule has 1 aliphatic heterocycles. The third-order valence-electron chi connectivity index (χ3n) is 4.18. The third kappa shape index (κ3) is 3.88. The van der Waals surface area contributed by atoms with Crippen molar-refractivity contribution in [2.45, 2.75) is 26.2 Å². The standard InChI is InChI=1S/C20H24N2O2/c1-2-14-24-18-11-9-17(10-12-18)21-15-20(23)22-13-5-7-16-6-3-4-8-19(16)22/h3-4,6,8-12,21H,2,5,7,13-15H2,1H3. The highest BCUT2D eigenvalue weighted by atomic mass is 16.5. The minimum Gasteiger partial charge on any atom is -0.494 e. The van der Waals surface area contributed by atoms with Crippen LogP contribution in [0.2, 0.25) is 0 Å². The summed E-state index contributed by atoms with van der Waals surface area (Å²) in [5, 5.41) is 3.21. The van der Waals surface area contributed by atoms with Crippen LogP contribution in [-0.2, 0) is 11.2 Å². The Morgan fingerprint density at radius 3 is 2.75 bits per heavy atom. The molecule has 0 bridgehead atoms. The van der Waals surface area contributed by atoms with Crippen molar-refractivity contribution in [1.82, 2.24) is 0 Å². The summed E-state index contributed by atoms with van der Waals surface area (Å²) < 4.78 is 5.57. The van der Waals surface area contributed by atoms with Gasteiger partial charge in [-0.2, -0.15) is 0 Å². The molecule has 4 heteroatoms. The third-order valence-corrected chi connectivity index (χ3v) is 4.18. The average Bonchev–Trinajstić information content (AvgIpc) is 2.64. The van der Waals surface area contributed by atoms with Crippen molar-refractivity contribution < 1.29 is 9.53 Å². The van der Waals surface area contributed by atoms with E-state index in [0.717, 1.165) is 49.5 Å². The smallest absolute Gasteiger partial charge is 0.246 e. The van der Waals surface area contributed by atoms with E-state index >= 15 is 0 Å². The van der Waals surface area contributed by atoms with Gasteiger partial charge in [0.1, 0.15) is 5.75 Å². The van der Waals surface area contributed by atoms with Crippen molar-refractivity contribution in [2.75, 3.05) is 29.9 Å². The van der Waals surface area contributed by atoms with Gasteiger partial charge < -0.3 is 15.0 Å². The van der Waals surface area contributed by atoms with Crippen LogP contribution in [-0.4, -0.2) is 25.6 Å². The van der Waals surface area contributed by atoms with Gasteiger partial charge in [-0.3, -0.25) is 4.79 Å². The van der Waals surface area contributed by atoms with E-state index in [4.69, 9.17) is 4.74 Å². The maximum atomic E-state index is 12.6. The first-order chi connectivity index (χ1) is 11.8. The van der Waals surface area contributed by atoms with Crippen LogP contribution in [0.5, 0.6) is 5.75 Å². The Morgan fingerprint density at radius 2 is 1.96 bits per heavy atom. The molecular formula is C20H24N2O2. The SMILES string of the molecule is CCCOc1ccc(NCC(=O)N2CCCc3ccccc32)cc1. The fourth-order valence-electron chi connectivity index (χ4n) is 2.95. The molecule has 0 aromatic heterocycles. The highest BCUT2D eigenvalue weighted by Gasteiger charge is 2.21. The minimum atomic E-state index is 0.105. The van der Waals surface area contributed by atoms with Crippen LogP contribution < -0.4 is 15.0 Å². The second-order valence-electron chi connectivity index (χ2n) is 6.00. The number of rotatable bonds is 6. The Hall–Kier alpha value is -2.49. The number of fused-ring (bicyclic) bond motifs is 1. The van der Waals surface area contributed by atoms with Gasteiger partial charge in [-0.25, -0.2) is 0 Å². The number of ether oxygens (including phenoxy) is 1. The Kier molecular flexibility index (Phi) is 5.36. The lowest BCUT2D eigenvalue weighted by molar-refractivity contribution is -0.117. The van der Waals surface area contributed by atoms with Crippen molar-refractivity contribution in [3.63, 3.8) is 0 Å². The molecule has 0 aliphatic carbocycles. The molecule has 3 rings (SSSR count). The fraction of sp³-hybridized carbons (Fsp3) is 0.350. The van der Waals surface area contributed by atoms with Gasteiger partial charge in [0, 0.05) is 17.9 Å². The lowest BCUT2D eigenvalue weighted by Crippen LogP contribution is -2.39. The predicted molar refractivity (Wildman–Crippen MR) is 97.8 cm³/mol. The van der Waals surface area contributed by atoms with Gasteiger partial charge in [-0.05, 0) is 55.2 Å². The number of hydrogen-bond donors (Lipinski definition) is 1. The molecule has 0 saturated carbocycles. The van der Waals surface area contributed by atoms with Gasteiger partial charge in [-0.15, -0.1) is 0 Å². The zero-order valence-electron chi connectivity index (χ0n) is 14.1. The Balaban J connectivity index is 1.58. The molecule has 0 radical (unpaired) electrons. The molecule has 24 heavy (non-hydrogen) atoms. The van der Waals surface area contributed by atoms with E-state index in [2.05, 4.69) is 18.3 Å². The predicted octanol–water partition coefficient (Wildman–Crippen LogP) is 3.87. The van der Waals surface area contributed by atoms with E-state index < -0.39 is 0 Å². The maximum Gasteiger partial charge on any atom is 0.246 e. The van der Waals surface area contributed by atoms with Crippen LogP contribution in [0.25, 0.3) is 0 Å².